The molecule has 0 aromatic heterocycles. The molecule has 0 unspecified atom stereocenters. The van der Waals surface area contributed by atoms with Gasteiger partial charge in [-0.25, -0.2) is 0 Å². The van der Waals surface area contributed by atoms with Crippen LogP contribution in [-0.4, -0.2) is 0 Å². The third-order valence-electron chi connectivity index (χ3n) is 6.94. The zero-order valence-corrected chi connectivity index (χ0v) is 18.9. The normalized spacial score (nSPS) is 13.5. The van der Waals surface area contributed by atoms with E-state index in [4.69, 9.17) is 5.73 Å². The van der Waals surface area contributed by atoms with E-state index in [9.17, 15) is 0 Å². The third kappa shape index (κ3) is 3.10. The van der Waals surface area contributed by atoms with Crippen molar-refractivity contribution < 1.29 is 0 Å². The number of anilines is 4. The van der Waals surface area contributed by atoms with Crippen molar-refractivity contribution >= 4 is 33.5 Å². The van der Waals surface area contributed by atoms with E-state index in [1.165, 1.54) is 33.0 Å². The first-order valence-electron chi connectivity index (χ1n) is 11.4. The fourth-order valence-electron chi connectivity index (χ4n) is 5.26. The summed E-state index contributed by atoms with van der Waals surface area (Å²) in [6.07, 6.45) is 0. The topological polar surface area (TPSA) is 29.3 Å². The van der Waals surface area contributed by atoms with Gasteiger partial charge in [0.05, 0.1) is 0 Å². The summed E-state index contributed by atoms with van der Waals surface area (Å²) in [5, 5.41) is 2.46. The molecule has 6 rings (SSSR count). The molecule has 0 amide bonds. The molecule has 2 N–H and O–H groups in total. The van der Waals surface area contributed by atoms with Gasteiger partial charge in [0, 0.05) is 28.2 Å². The van der Waals surface area contributed by atoms with Gasteiger partial charge in [0.1, 0.15) is 0 Å². The van der Waals surface area contributed by atoms with Crippen LogP contribution in [0.25, 0.3) is 21.9 Å². The molecule has 0 spiro atoms. The average Bonchev–Trinajstić information content (AvgIpc) is 3.06. The number of nitrogens with two attached hydrogens (primary N) is 1. The molecule has 33 heavy (non-hydrogen) atoms. The first kappa shape index (κ1) is 19.6. The second-order valence-corrected chi connectivity index (χ2v) is 9.36. The standard InChI is InChI=1S/C31H26N2/c1-31(2)29-13-6-5-12-27(29)28-17-16-26(20-30(28)31)33(24-11-7-10-23(32)19-24)25-15-14-21-8-3-4-9-22(21)18-25/h3-20H,32H2,1-2H3. The van der Waals surface area contributed by atoms with Crippen LogP contribution in [0.2, 0.25) is 0 Å². The molecule has 0 fully saturated rings. The Labute approximate surface area is 194 Å². The minimum absolute atomic E-state index is 0.0489. The Balaban J connectivity index is 1.56. The largest absolute Gasteiger partial charge is 0.399 e. The SMILES string of the molecule is CC1(C)c2ccccc2-c2ccc(N(c3cccc(N)c3)c3ccc4ccccc4c3)cc21. The smallest absolute Gasteiger partial charge is 0.0482 e. The van der Waals surface area contributed by atoms with Gasteiger partial charge in [0.15, 0.2) is 0 Å². The molecule has 1 aliphatic carbocycles. The predicted molar refractivity (Wildman–Crippen MR) is 141 cm³/mol. The number of hydrogen-bond acceptors (Lipinski definition) is 2. The number of fused-ring (bicyclic) bond motifs is 4. The summed E-state index contributed by atoms with van der Waals surface area (Å²) in [4.78, 5) is 2.31. The third-order valence-corrected chi connectivity index (χ3v) is 6.94. The van der Waals surface area contributed by atoms with Crippen molar-refractivity contribution in [1.82, 2.24) is 0 Å². The van der Waals surface area contributed by atoms with E-state index in [2.05, 4.69) is 110 Å². The second kappa shape index (κ2) is 7.25. The quantitative estimate of drug-likeness (QED) is 0.295. The lowest BCUT2D eigenvalue weighted by molar-refractivity contribution is 0.660. The van der Waals surface area contributed by atoms with Crippen LogP contribution in [0.4, 0.5) is 22.7 Å². The van der Waals surface area contributed by atoms with Gasteiger partial charge < -0.3 is 10.6 Å². The van der Waals surface area contributed by atoms with Crippen LogP contribution >= 0.6 is 0 Å². The summed E-state index contributed by atoms with van der Waals surface area (Å²) < 4.78 is 0. The Morgan fingerprint density at radius 2 is 1.21 bits per heavy atom. The highest BCUT2D eigenvalue weighted by molar-refractivity contribution is 5.91. The van der Waals surface area contributed by atoms with Crippen molar-refractivity contribution in [2.45, 2.75) is 19.3 Å². The fourth-order valence-corrected chi connectivity index (χ4v) is 5.26. The first-order chi connectivity index (χ1) is 16.0. The van der Waals surface area contributed by atoms with Crippen molar-refractivity contribution in [3.05, 3.63) is 120 Å². The van der Waals surface area contributed by atoms with Gasteiger partial charge in [-0.05, 0) is 75.5 Å². The molecular formula is C31H26N2. The van der Waals surface area contributed by atoms with Crippen LogP contribution in [0.15, 0.2) is 109 Å². The molecule has 5 aromatic rings. The van der Waals surface area contributed by atoms with E-state index in [-0.39, 0.29) is 5.41 Å². The molecule has 0 heterocycles. The van der Waals surface area contributed by atoms with Gasteiger partial charge in [0.2, 0.25) is 0 Å². The fraction of sp³-hybridized carbons (Fsp3) is 0.0968. The molecule has 0 radical (unpaired) electrons. The molecule has 2 heteroatoms. The zero-order valence-electron chi connectivity index (χ0n) is 18.9. The molecule has 0 bridgehead atoms. The second-order valence-electron chi connectivity index (χ2n) is 9.36. The van der Waals surface area contributed by atoms with E-state index >= 15 is 0 Å². The van der Waals surface area contributed by atoms with Crippen LogP contribution in [0, 0.1) is 0 Å². The Morgan fingerprint density at radius 1 is 0.545 bits per heavy atom. The average molecular weight is 427 g/mol. The molecular weight excluding hydrogens is 400 g/mol. The Kier molecular flexibility index (Phi) is 4.31. The number of hydrogen-bond donors (Lipinski definition) is 1. The lowest BCUT2D eigenvalue weighted by Crippen LogP contribution is -2.16. The minimum atomic E-state index is -0.0489. The van der Waals surface area contributed by atoms with Crippen LogP contribution in [-0.2, 0) is 5.41 Å². The predicted octanol–water partition coefficient (Wildman–Crippen LogP) is 8.20. The number of nitrogen functional groups attached to an aromatic ring is 1. The summed E-state index contributed by atoms with van der Waals surface area (Å²) in [5.41, 5.74) is 15.6. The molecule has 0 aliphatic heterocycles. The lowest BCUT2D eigenvalue weighted by Gasteiger charge is -2.28. The van der Waals surface area contributed by atoms with Crippen molar-refractivity contribution in [2.24, 2.45) is 0 Å². The van der Waals surface area contributed by atoms with Crippen LogP contribution in [0.3, 0.4) is 0 Å². The van der Waals surface area contributed by atoms with Gasteiger partial charge in [-0.2, -0.15) is 0 Å². The van der Waals surface area contributed by atoms with Crippen molar-refractivity contribution in [2.75, 3.05) is 10.6 Å². The summed E-state index contributed by atoms with van der Waals surface area (Å²) >= 11 is 0. The van der Waals surface area contributed by atoms with E-state index in [1.807, 2.05) is 18.2 Å². The van der Waals surface area contributed by atoms with Crippen molar-refractivity contribution in [3.63, 3.8) is 0 Å². The molecule has 0 saturated heterocycles. The van der Waals surface area contributed by atoms with E-state index in [1.54, 1.807) is 0 Å². The van der Waals surface area contributed by atoms with Gasteiger partial charge >= 0.3 is 0 Å². The molecule has 2 nitrogen and oxygen atoms in total. The maximum atomic E-state index is 6.21. The van der Waals surface area contributed by atoms with Gasteiger partial charge in [-0.15, -0.1) is 0 Å². The van der Waals surface area contributed by atoms with Crippen molar-refractivity contribution in [1.29, 1.82) is 0 Å². The van der Waals surface area contributed by atoms with Crippen LogP contribution in [0.5, 0.6) is 0 Å². The number of nitrogens with zero attached hydrogens (tertiary/aromatic N) is 1. The maximum Gasteiger partial charge on any atom is 0.0482 e. The maximum absolute atomic E-state index is 6.21. The molecule has 160 valence electrons. The van der Waals surface area contributed by atoms with Crippen LogP contribution in [0.1, 0.15) is 25.0 Å². The van der Waals surface area contributed by atoms with Crippen molar-refractivity contribution in [3.8, 4) is 11.1 Å². The number of rotatable bonds is 3. The minimum Gasteiger partial charge on any atom is -0.399 e. The molecule has 0 atom stereocenters. The highest BCUT2D eigenvalue weighted by Gasteiger charge is 2.35. The molecule has 0 saturated carbocycles. The first-order valence-corrected chi connectivity index (χ1v) is 11.4. The lowest BCUT2D eigenvalue weighted by atomic mass is 9.82. The Bertz CT molecular complexity index is 1510. The summed E-state index contributed by atoms with van der Waals surface area (Å²) in [6.45, 7) is 4.64. The highest BCUT2D eigenvalue weighted by atomic mass is 15.1. The summed E-state index contributed by atoms with van der Waals surface area (Å²) in [7, 11) is 0. The zero-order chi connectivity index (χ0) is 22.6. The Hall–Kier alpha value is -4.04. The van der Waals surface area contributed by atoms with Gasteiger partial charge in [-0.1, -0.05) is 80.6 Å². The van der Waals surface area contributed by atoms with E-state index in [0.29, 0.717) is 0 Å². The van der Waals surface area contributed by atoms with E-state index in [0.717, 1.165) is 22.7 Å². The highest BCUT2D eigenvalue weighted by Crippen LogP contribution is 2.50. The monoisotopic (exact) mass is 426 g/mol. The van der Waals surface area contributed by atoms with E-state index < -0.39 is 0 Å². The summed E-state index contributed by atoms with van der Waals surface area (Å²) in [5.74, 6) is 0. The van der Waals surface area contributed by atoms with Gasteiger partial charge in [-0.3, -0.25) is 0 Å². The summed E-state index contributed by atoms with van der Waals surface area (Å²) in [6, 6.07) is 38.9. The van der Waals surface area contributed by atoms with Gasteiger partial charge in [0.25, 0.3) is 0 Å². The molecule has 5 aromatic carbocycles. The van der Waals surface area contributed by atoms with Crippen LogP contribution < -0.4 is 10.6 Å². The Morgan fingerprint density at radius 3 is 2.06 bits per heavy atom. The number of benzene rings is 5. The molecule has 1 aliphatic rings.